The molecule has 1 aliphatic heterocycles. The minimum Gasteiger partial charge on any atom is -0.337 e. The molecule has 1 aliphatic carbocycles. The van der Waals surface area contributed by atoms with Gasteiger partial charge in [-0.2, -0.15) is 11.8 Å². The Hall–Kier alpha value is -0.220. The molecule has 0 radical (unpaired) electrons. The van der Waals surface area contributed by atoms with Gasteiger partial charge in [0.25, 0.3) is 0 Å². The van der Waals surface area contributed by atoms with E-state index in [2.05, 4.69) is 11.8 Å². The molecule has 0 aromatic heterocycles. The maximum atomic E-state index is 12.1. The number of hydrogen-bond donors (Lipinski definition) is 1. The number of carbonyl (C=O) groups is 1. The molecule has 0 spiro atoms. The van der Waals surface area contributed by atoms with E-state index < -0.39 is 0 Å². The standard InChI is InChI=1S/C12H22N2OS/c1-2-16-11-7-3-6-10(11)14-8-4-5-9(13)12(14)15/h9-11H,2-8,13H2,1H3. The molecule has 0 aromatic carbocycles. The minimum atomic E-state index is -0.235. The van der Waals surface area contributed by atoms with Gasteiger partial charge in [0.1, 0.15) is 0 Å². The molecular weight excluding hydrogens is 220 g/mol. The Kier molecular flexibility index (Phi) is 4.14. The molecule has 0 aromatic rings. The largest absolute Gasteiger partial charge is 0.337 e. The molecule has 4 heteroatoms. The van der Waals surface area contributed by atoms with E-state index in [1.54, 1.807) is 0 Å². The SMILES string of the molecule is CCSC1CCCC1N1CCCC(N)C1=O. The normalized spacial score (nSPS) is 35.8. The summed E-state index contributed by atoms with van der Waals surface area (Å²) in [6.45, 7) is 3.13. The van der Waals surface area contributed by atoms with Gasteiger partial charge >= 0.3 is 0 Å². The predicted octanol–water partition coefficient (Wildman–Crippen LogP) is 1.61. The Morgan fingerprint density at radius 1 is 1.38 bits per heavy atom. The van der Waals surface area contributed by atoms with Crippen LogP contribution in [0, 0.1) is 0 Å². The van der Waals surface area contributed by atoms with Gasteiger partial charge in [0.05, 0.1) is 6.04 Å². The second kappa shape index (κ2) is 5.41. The first-order valence-corrected chi connectivity index (χ1v) is 7.46. The number of hydrogen-bond acceptors (Lipinski definition) is 3. The van der Waals surface area contributed by atoms with Gasteiger partial charge in [0.15, 0.2) is 0 Å². The lowest BCUT2D eigenvalue weighted by atomic mass is 10.0. The number of nitrogens with zero attached hydrogens (tertiary/aromatic N) is 1. The number of nitrogens with two attached hydrogens (primary N) is 1. The zero-order chi connectivity index (χ0) is 11.5. The fourth-order valence-corrected chi connectivity index (χ4v) is 4.20. The first-order chi connectivity index (χ1) is 7.74. The lowest BCUT2D eigenvalue weighted by molar-refractivity contribution is -0.137. The van der Waals surface area contributed by atoms with Crippen molar-refractivity contribution in [3.8, 4) is 0 Å². The molecular formula is C12H22N2OS. The van der Waals surface area contributed by atoms with Gasteiger partial charge in [-0.3, -0.25) is 4.79 Å². The molecule has 92 valence electrons. The van der Waals surface area contributed by atoms with Gasteiger partial charge in [-0.15, -0.1) is 0 Å². The first-order valence-electron chi connectivity index (χ1n) is 6.41. The van der Waals surface area contributed by atoms with E-state index in [9.17, 15) is 4.79 Å². The molecule has 1 heterocycles. The third-order valence-corrected chi connectivity index (χ3v) is 5.02. The van der Waals surface area contributed by atoms with Gasteiger partial charge in [-0.25, -0.2) is 0 Å². The van der Waals surface area contributed by atoms with Gasteiger partial charge < -0.3 is 10.6 Å². The number of likely N-dealkylation sites (tertiary alicyclic amines) is 1. The third kappa shape index (κ3) is 2.38. The van der Waals surface area contributed by atoms with E-state index in [0.29, 0.717) is 11.3 Å². The van der Waals surface area contributed by atoms with Crippen LogP contribution in [0.2, 0.25) is 0 Å². The van der Waals surface area contributed by atoms with E-state index in [-0.39, 0.29) is 11.9 Å². The maximum absolute atomic E-state index is 12.1. The molecule has 1 amide bonds. The molecule has 2 N–H and O–H groups in total. The molecule has 0 bridgehead atoms. The Bertz CT molecular complexity index is 259. The number of carbonyl (C=O) groups excluding carboxylic acids is 1. The molecule has 3 nitrogen and oxygen atoms in total. The number of piperidine rings is 1. The smallest absolute Gasteiger partial charge is 0.239 e. The van der Waals surface area contributed by atoms with Crippen LogP contribution in [-0.4, -0.2) is 40.4 Å². The summed E-state index contributed by atoms with van der Waals surface area (Å²) in [5, 5.41) is 0.652. The highest BCUT2D eigenvalue weighted by Crippen LogP contribution is 2.34. The average Bonchev–Trinajstić information content (AvgIpc) is 2.71. The molecule has 2 rings (SSSR count). The quantitative estimate of drug-likeness (QED) is 0.818. The topological polar surface area (TPSA) is 46.3 Å². The zero-order valence-electron chi connectivity index (χ0n) is 10.0. The van der Waals surface area contributed by atoms with Crippen molar-refractivity contribution in [2.24, 2.45) is 5.73 Å². The van der Waals surface area contributed by atoms with E-state index >= 15 is 0 Å². The van der Waals surface area contributed by atoms with Crippen molar-refractivity contribution in [3.05, 3.63) is 0 Å². The molecule has 16 heavy (non-hydrogen) atoms. The second-order valence-corrected chi connectivity index (χ2v) is 6.29. The summed E-state index contributed by atoms with van der Waals surface area (Å²) in [6, 6.07) is 0.227. The van der Waals surface area contributed by atoms with Crippen LogP contribution in [0.25, 0.3) is 0 Å². The van der Waals surface area contributed by atoms with Crippen molar-refractivity contribution in [3.63, 3.8) is 0 Å². The van der Waals surface area contributed by atoms with Gasteiger partial charge in [-0.05, 0) is 31.4 Å². The Balaban J connectivity index is 2.02. The van der Waals surface area contributed by atoms with E-state index in [1.807, 2.05) is 11.8 Å². The minimum absolute atomic E-state index is 0.194. The van der Waals surface area contributed by atoms with Crippen LogP contribution in [-0.2, 0) is 4.79 Å². The summed E-state index contributed by atoms with van der Waals surface area (Å²) in [5.74, 6) is 1.34. The van der Waals surface area contributed by atoms with Gasteiger partial charge in [-0.1, -0.05) is 13.3 Å². The Labute approximate surface area is 102 Å². The van der Waals surface area contributed by atoms with Crippen molar-refractivity contribution in [2.75, 3.05) is 12.3 Å². The monoisotopic (exact) mass is 242 g/mol. The van der Waals surface area contributed by atoms with Crippen LogP contribution in [0.5, 0.6) is 0 Å². The molecule has 3 unspecified atom stereocenters. The van der Waals surface area contributed by atoms with Crippen molar-refractivity contribution in [1.29, 1.82) is 0 Å². The lowest BCUT2D eigenvalue weighted by Crippen LogP contribution is -2.54. The zero-order valence-corrected chi connectivity index (χ0v) is 10.8. The van der Waals surface area contributed by atoms with Crippen LogP contribution in [0.1, 0.15) is 39.0 Å². The van der Waals surface area contributed by atoms with Crippen molar-refractivity contribution >= 4 is 17.7 Å². The summed E-state index contributed by atoms with van der Waals surface area (Å²) in [7, 11) is 0. The fraction of sp³-hybridized carbons (Fsp3) is 0.917. The lowest BCUT2D eigenvalue weighted by Gasteiger charge is -2.37. The first kappa shape index (κ1) is 12.2. The molecule has 2 aliphatic rings. The number of amides is 1. The van der Waals surface area contributed by atoms with Crippen LogP contribution < -0.4 is 5.73 Å². The predicted molar refractivity (Wildman–Crippen MR) is 68.5 cm³/mol. The highest BCUT2D eigenvalue weighted by atomic mass is 32.2. The summed E-state index contributed by atoms with van der Waals surface area (Å²) in [6.07, 6.45) is 5.65. The molecule has 3 atom stereocenters. The third-order valence-electron chi connectivity index (χ3n) is 3.71. The van der Waals surface area contributed by atoms with Crippen LogP contribution in [0.15, 0.2) is 0 Å². The van der Waals surface area contributed by atoms with E-state index in [4.69, 9.17) is 5.73 Å². The Morgan fingerprint density at radius 2 is 2.19 bits per heavy atom. The van der Waals surface area contributed by atoms with Crippen LogP contribution in [0.3, 0.4) is 0 Å². The van der Waals surface area contributed by atoms with Crippen molar-refractivity contribution < 1.29 is 4.79 Å². The summed E-state index contributed by atoms with van der Waals surface area (Å²) < 4.78 is 0. The highest BCUT2D eigenvalue weighted by Gasteiger charge is 2.37. The van der Waals surface area contributed by atoms with E-state index in [0.717, 1.165) is 25.1 Å². The Morgan fingerprint density at radius 3 is 2.94 bits per heavy atom. The van der Waals surface area contributed by atoms with Gasteiger partial charge in [0, 0.05) is 17.8 Å². The number of rotatable bonds is 3. The summed E-state index contributed by atoms with van der Waals surface area (Å²) in [4.78, 5) is 14.1. The fourth-order valence-electron chi connectivity index (χ4n) is 2.93. The van der Waals surface area contributed by atoms with Crippen LogP contribution in [0.4, 0.5) is 0 Å². The average molecular weight is 242 g/mol. The summed E-state index contributed by atoms with van der Waals surface area (Å²) >= 11 is 2.01. The van der Waals surface area contributed by atoms with Gasteiger partial charge in [0.2, 0.25) is 5.91 Å². The van der Waals surface area contributed by atoms with Crippen molar-refractivity contribution in [1.82, 2.24) is 4.90 Å². The number of thioether (sulfide) groups is 1. The van der Waals surface area contributed by atoms with Crippen molar-refractivity contribution in [2.45, 2.75) is 56.4 Å². The van der Waals surface area contributed by atoms with E-state index in [1.165, 1.54) is 19.3 Å². The summed E-state index contributed by atoms with van der Waals surface area (Å²) in [5.41, 5.74) is 5.86. The second-order valence-electron chi connectivity index (χ2n) is 4.77. The molecule has 1 saturated carbocycles. The molecule has 1 saturated heterocycles. The maximum Gasteiger partial charge on any atom is 0.239 e. The molecule has 2 fully saturated rings. The van der Waals surface area contributed by atoms with Crippen LogP contribution >= 0.6 is 11.8 Å². The highest BCUT2D eigenvalue weighted by molar-refractivity contribution is 7.99.